The normalized spacial score (nSPS) is 12.9. The van der Waals surface area contributed by atoms with Crippen LogP contribution in [0, 0.1) is 0 Å². The molecule has 14 aromatic rings. The maximum Gasteiger partial charge on any atom is 0.0541 e. The van der Waals surface area contributed by atoms with Gasteiger partial charge in [0.05, 0.1) is 44.1 Å². The van der Waals surface area contributed by atoms with Crippen molar-refractivity contribution in [3.63, 3.8) is 0 Å². The fourth-order valence-corrected chi connectivity index (χ4v) is 11.7. The Morgan fingerprint density at radius 1 is 0.268 bits per heavy atom. The van der Waals surface area contributed by atoms with Gasteiger partial charge in [-0.3, -0.25) is 0 Å². The number of nitrogens with zero attached hydrogens (tertiary/aromatic N) is 4. The van der Waals surface area contributed by atoms with E-state index in [9.17, 15) is 0 Å². The van der Waals surface area contributed by atoms with Crippen LogP contribution in [0.15, 0.2) is 261 Å². The molecule has 0 atom stereocenters. The van der Waals surface area contributed by atoms with Gasteiger partial charge in [-0.2, -0.15) is 0 Å². The third-order valence-corrected chi connectivity index (χ3v) is 14.8. The summed E-state index contributed by atoms with van der Waals surface area (Å²) in [7, 11) is 0. The fraction of sp³-hybridized carbons (Fsp3) is 0. The van der Waals surface area contributed by atoms with Gasteiger partial charge in [0.1, 0.15) is 0 Å². The molecule has 0 spiro atoms. The van der Waals surface area contributed by atoms with Crippen LogP contribution in [-0.2, 0) is 0 Å². The highest BCUT2D eigenvalue weighted by atomic mass is 15.0. The van der Waals surface area contributed by atoms with Crippen molar-refractivity contribution in [2.45, 2.75) is 0 Å². The Morgan fingerprint density at radius 2 is 0.634 bits per heavy atom. The number of benzene rings is 10. The number of fused-ring (bicyclic) bond motifs is 12. The molecule has 4 aromatic heterocycles. The van der Waals surface area contributed by atoms with Crippen LogP contribution >= 0.6 is 0 Å². The lowest BCUT2D eigenvalue weighted by atomic mass is 10.0. The van der Waals surface area contributed by atoms with Crippen LogP contribution in [-0.4, -0.2) is 18.3 Å². The fourth-order valence-electron chi connectivity index (χ4n) is 11.7. The summed E-state index contributed by atoms with van der Waals surface area (Å²) in [4.78, 5) is 0. The van der Waals surface area contributed by atoms with E-state index >= 15 is 0 Å². The standard InChI is InChI=1S/C67H42N4/c1-2-19-48(68-60-29-9-3-23-52(60)53-24-4-10-30-61(53)68)39-44(17-1)46-35-37-66-58(41-46)56-27-7-13-33-64(56)70(66)50-21-16-22-51(43-50)71-65-34-14-8-28-57(65)59-42-47(36-38-67(59)71)45-18-15-20-49(40-45)69-62-31-11-5-25-54(62)55-26-6-12-32-63(55)69/h1-16,18-43H. The van der Waals surface area contributed by atoms with Crippen molar-refractivity contribution in [2.75, 3.05) is 0 Å². The molecule has 0 fully saturated rings. The van der Waals surface area contributed by atoms with Gasteiger partial charge in [0.2, 0.25) is 0 Å². The topological polar surface area (TPSA) is 19.7 Å². The first kappa shape index (κ1) is 39.4. The van der Waals surface area contributed by atoms with Crippen LogP contribution in [0.1, 0.15) is 5.56 Å². The van der Waals surface area contributed by atoms with E-state index in [1.807, 2.05) is 6.08 Å². The van der Waals surface area contributed by atoms with E-state index < -0.39 is 0 Å². The number of rotatable bonds is 6. The van der Waals surface area contributed by atoms with E-state index in [4.69, 9.17) is 0 Å². The first-order valence-electron chi connectivity index (χ1n) is 24.3. The molecule has 0 radical (unpaired) electrons. The average molecular weight is 903 g/mol. The van der Waals surface area contributed by atoms with Crippen LogP contribution in [0.4, 0.5) is 0 Å². The molecule has 15 rings (SSSR count). The summed E-state index contributed by atoms with van der Waals surface area (Å²) in [5.74, 6) is 0. The van der Waals surface area contributed by atoms with Crippen LogP contribution in [0.3, 0.4) is 0 Å². The van der Waals surface area contributed by atoms with E-state index in [1.54, 1.807) is 0 Å². The summed E-state index contributed by atoms with van der Waals surface area (Å²) in [5, 5.41) is 9.90. The van der Waals surface area contributed by atoms with Gasteiger partial charge in [-0.1, -0.05) is 146 Å². The lowest BCUT2D eigenvalue weighted by Crippen LogP contribution is -1.98. The van der Waals surface area contributed by atoms with Crippen molar-refractivity contribution in [1.82, 2.24) is 18.3 Å². The Hall–Kier alpha value is -9.60. The molecule has 0 unspecified atom stereocenters. The second-order valence-corrected chi connectivity index (χ2v) is 18.6. The van der Waals surface area contributed by atoms with Crippen LogP contribution in [0.5, 0.6) is 0 Å². The number of para-hydroxylation sites is 6. The van der Waals surface area contributed by atoms with Crippen molar-refractivity contribution in [3.8, 4) is 28.2 Å². The lowest BCUT2D eigenvalue weighted by molar-refractivity contribution is 1.13. The van der Waals surface area contributed by atoms with Gasteiger partial charge < -0.3 is 18.3 Å². The number of allylic oxidation sites excluding steroid dienone is 5. The molecule has 0 amide bonds. The Labute approximate surface area is 409 Å². The van der Waals surface area contributed by atoms with E-state index in [0.717, 1.165) is 39.4 Å². The smallest absolute Gasteiger partial charge is 0.0541 e. The third kappa shape index (κ3) is 5.99. The maximum atomic E-state index is 3.63. The van der Waals surface area contributed by atoms with Gasteiger partial charge >= 0.3 is 0 Å². The maximum absolute atomic E-state index is 3.63. The number of hydrogen-bond donors (Lipinski definition) is 0. The van der Waals surface area contributed by atoms with Crippen LogP contribution < -0.4 is 0 Å². The Kier molecular flexibility index (Phi) is 8.58. The highest BCUT2D eigenvalue weighted by molar-refractivity contribution is 6.14. The first-order valence-corrected chi connectivity index (χ1v) is 24.3. The second-order valence-electron chi connectivity index (χ2n) is 18.6. The van der Waals surface area contributed by atoms with Gasteiger partial charge in [0.25, 0.3) is 0 Å². The van der Waals surface area contributed by atoms with E-state index in [-0.39, 0.29) is 0 Å². The minimum atomic E-state index is 1.04. The zero-order valence-electron chi connectivity index (χ0n) is 38.5. The molecule has 0 N–H and O–H groups in total. The van der Waals surface area contributed by atoms with Crippen molar-refractivity contribution < 1.29 is 0 Å². The zero-order valence-corrected chi connectivity index (χ0v) is 38.5. The molecule has 0 saturated heterocycles. The highest BCUT2D eigenvalue weighted by Gasteiger charge is 2.19. The van der Waals surface area contributed by atoms with Crippen molar-refractivity contribution >= 4 is 98.5 Å². The van der Waals surface area contributed by atoms with E-state index in [0.29, 0.717) is 0 Å². The molecule has 1 aliphatic rings. The van der Waals surface area contributed by atoms with E-state index in [2.05, 4.69) is 273 Å². The number of hydrogen-bond acceptors (Lipinski definition) is 0. The summed E-state index contributed by atoms with van der Waals surface area (Å²) in [6, 6.07) is 84.3. The minimum Gasteiger partial charge on any atom is -0.309 e. The Bertz CT molecular complexity index is 4580. The second kappa shape index (κ2) is 15.5. The van der Waals surface area contributed by atoms with Gasteiger partial charge in [0, 0.05) is 71.4 Å². The molecular weight excluding hydrogens is 861 g/mol. The summed E-state index contributed by atoms with van der Waals surface area (Å²) in [6.45, 7) is 0. The molecule has 4 heterocycles. The predicted molar refractivity (Wildman–Crippen MR) is 299 cm³/mol. The van der Waals surface area contributed by atoms with Crippen molar-refractivity contribution in [2.24, 2.45) is 0 Å². The van der Waals surface area contributed by atoms with Gasteiger partial charge in [0.15, 0.2) is 0 Å². The van der Waals surface area contributed by atoms with Gasteiger partial charge in [-0.05, 0) is 126 Å². The van der Waals surface area contributed by atoms with Crippen LogP contribution in [0.25, 0.3) is 127 Å². The molecule has 10 aromatic carbocycles. The van der Waals surface area contributed by atoms with Crippen LogP contribution in [0.2, 0.25) is 0 Å². The summed E-state index contributed by atoms with van der Waals surface area (Å²) in [5.41, 5.74) is 22.1. The molecule has 0 saturated carbocycles. The van der Waals surface area contributed by atoms with Crippen molar-refractivity contribution in [3.05, 3.63) is 266 Å². The molecule has 4 nitrogen and oxygen atoms in total. The van der Waals surface area contributed by atoms with Gasteiger partial charge in [-0.25, -0.2) is 0 Å². The minimum absolute atomic E-state index is 1.04. The SMILES string of the molecule is C1=CC=CC(n2c3ccccc3c3ccccc32)=CC=1c1ccc2c(c1)c1ccccc1n2-c1cccc(-n2c3ccccc3c3cc(-c4cccc(-n5c6ccccc6c6ccccc65)c4)ccc32)c1. The summed E-state index contributed by atoms with van der Waals surface area (Å²) < 4.78 is 9.63. The number of aromatic nitrogens is 4. The zero-order chi connectivity index (χ0) is 46.6. The Morgan fingerprint density at radius 3 is 1.13 bits per heavy atom. The third-order valence-electron chi connectivity index (χ3n) is 14.8. The molecule has 1 aliphatic carbocycles. The van der Waals surface area contributed by atoms with E-state index in [1.165, 1.54) is 92.8 Å². The quantitative estimate of drug-likeness (QED) is 0.148. The predicted octanol–water partition coefficient (Wildman–Crippen LogP) is 17.4. The summed E-state index contributed by atoms with van der Waals surface area (Å²) in [6.07, 6.45) is 8.61. The van der Waals surface area contributed by atoms with Gasteiger partial charge in [-0.15, -0.1) is 5.73 Å². The molecular formula is C67H42N4. The lowest BCUT2D eigenvalue weighted by Gasteiger charge is -2.13. The molecule has 0 aliphatic heterocycles. The van der Waals surface area contributed by atoms with Crippen molar-refractivity contribution in [1.29, 1.82) is 0 Å². The highest BCUT2D eigenvalue weighted by Crippen LogP contribution is 2.40. The Balaban J connectivity index is 0.834. The molecule has 4 heteroatoms. The largest absolute Gasteiger partial charge is 0.309 e. The molecule has 330 valence electrons. The molecule has 71 heavy (non-hydrogen) atoms. The first-order chi connectivity index (χ1) is 35.2. The molecule has 0 bridgehead atoms. The monoisotopic (exact) mass is 902 g/mol. The average Bonchev–Trinajstić information content (AvgIpc) is 4.10. The summed E-state index contributed by atoms with van der Waals surface area (Å²) >= 11 is 0.